The van der Waals surface area contributed by atoms with E-state index in [0.717, 1.165) is 6.20 Å². The predicted octanol–water partition coefficient (Wildman–Crippen LogP) is 2.12. The first-order valence-electron chi connectivity index (χ1n) is 5.75. The van der Waals surface area contributed by atoms with Crippen molar-refractivity contribution in [3.05, 3.63) is 46.7 Å². The van der Waals surface area contributed by atoms with Crippen LogP contribution in [-0.2, 0) is 0 Å². The third-order valence-electron chi connectivity index (χ3n) is 2.85. The number of carboxylic acids is 1. The number of carboxylic acid groups (broad SMARTS) is 1. The number of H-pyrrole nitrogens is 1. The largest absolute Gasteiger partial charge is 0.477 e. The van der Waals surface area contributed by atoms with Crippen LogP contribution in [-0.4, -0.2) is 27.0 Å². The Morgan fingerprint density at radius 1 is 1.35 bits per heavy atom. The fourth-order valence-electron chi connectivity index (χ4n) is 1.93. The number of carbonyl (C=O) groups is 2. The first kappa shape index (κ1) is 13.7. The third kappa shape index (κ3) is 2.51. The Morgan fingerprint density at radius 3 is 2.55 bits per heavy atom. The second-order valence-electron chi connectivity index (χ2n) is 4.25. The number of nitrogens with zero attached hydrogens (tertiary/aromatic N) is 1. The SMILES string of the molecule is Cc1[nH]c(C(=O)O)c(C)c1C(=O)Nc1ccc(F)cn1. The number of carbonyl (C=O) groups excluding carboxylic acids is 1. The molecule has 0 bridgehead atoms. The minimum absolute atomic E-state index is 0.0280. The molecular formula is C13H12FN3O3. The summed E-state index contributed by atoms with van der Waals surface area (Å²) in [4.78, 5) is 29.5. The molecule has 0 fully saturated rings. The maximum atomic E-state index is 12.7. The third-order valence-corrected chi connectivity index (χ3v) is 2.85. The van der Waals surface area contributed by atoms with E-state index >= 15 is 0 Å². The molecule has 0 aromatic carbocycles. The number of aromatic amines is 1. The molecule has 0 radical (unpaired) electrons. The Balaban J connectivity index is 2.30. The van der Waals surface area contributed by atoms with Gasteiger partial charge in [-0.1, -0.05) is 0 Å². The van der Waals surface area contributed by atoms with Gasteiger partial charge in [-0.25, -0.2) is 14.2 Å². The molecule has 0 aliphatic heterocycles. The van der Waals surface area contributed by atoms with Gasteiger partial charge in [-0.05, 0) is 31.5 Å². The molecule has 0 aliphatic rings. The first-order valence-corrected chi connectivity index (χ1v) is 5.75. The Hall–Kier alpha value is -2.70. The zero-order chi connectivity index (χ0) is 14.9. The molecule has 0 saturated heterocycles. The van der Waals surface area contributed by atoms with Crippen molar-refractivity contribution in [3.63, 3.8) is 0 Å². The minimum Gasteiger partial charge on any atom is -0.477 e. The van der Waals surface area contributed by atoms with Gasteiger partial charge < -0.3 is 15.4 Å². The van der Waals surface area contributed by atoms with Crippen molar-refractivity contribution in [2.45, 2.75) is 13.8 Å². The molecule has 104 valence electrons. The summed E-state index contributed by atoms with van der Waals surface area (Å²) in [7, 11) is 0. The average molecular weight is 277 g/mol. The van der Waals surface area contributed by atoms with Crippen LogP contribution in [0.5, 0.6) is 0 Å². The van der Waals surface area contributed by atoms with Gasteiger partial charge in [0.2, 0.25) is 0 Å². The molecule has 0 atom stereocenters. The van der Waals surface area contributed by atoms with Crippen molar-refractivity contribution in [2.24, 2.45) is 0 Å². The Bertz CT molecular complexity index is 677. The number of halogens is 1. The van der Waals surface area contributed by atoms with Gasteiger partial charge in [0, 0.05) is 5.69 Å². The fraction of sp³-hybridized carbons (Fsp3) is 0.154. The molecule has 0 saturated carbocycles. The van der Waals surface area contributed by atoms with Crippen molar-refractivity contribution >= 4 is 17.7 Å². The second-order valence-corrected chi connectivity index (χ2v) is 4.25. The summed E-state index contributed by atoms with van der Waals surface area (Å²) < 4.78 is 12.7. The standard InChI is InChI=1S/C13H12FN3O3/c1-6-10(7(2)16-11(6)13(19)20)12(18)17-9-4-3-8(14)5-15-9/h3-5,16H,1-2H3,(H,19,20)(H,15,17,18). The summed E-state index contributed by atoms with van der Waals surface area (Å²) in [5, 5.41) is 11.5. The highest BCUT2D eigenvalue weighted by atomic mass is 19.1. The lowest BCUT2D eigenvalue weighted by molar-refractivity contribution is 0.0690. The van der Waals surface area contributed by atoms with Gasteiger partial charge >= 0.3 is 5.97 Å². The lowest BCUT2D eigenvalue weighted by Crippen LogP contribution is -2.14. The number of hydrogen-bond acceptors (Lipinski definition) is 3. The van der Waals surface area contributed by atoms with Crippen molar-refractivity contribution < 1.29 is 19.1 Å². The predicted molar refractivity (Wildman–Crippen MR) is 69.4 cm³/mol. The Kier molecular flexibility index (Phi) is 3.51. The molecular weight excluding hydrogens is 265 g/mol. The van der Waals surface area contributed by atoms with Crippen molar-refractivity contribution in [2.75, 3.05) is 5.32 Å². The second kappa shape index (κ2) is 5.12. The molecule has 20 heavy (non-hydrogen) atoms. The summed E-state index contributed by atoms with van der Waals surface area (Å²) in [6.45, 7) is 3.15. The lowest BCUT2D eigenvalue weighted by Gasteiger charge is -2.05. The number of rotatable bonds is 3. The van der Waals surface area contributed by atoms with Crippen LogP contribution in [0.2, 0.25) is 0 Å². The number of aromatic carboxylic acids is 1. The Morgan fingerprint density at radius 2 is 2.05 bits per heavy atom. The van der Waals surface area contributed by atoms with Crippen LogP contribution in [0.25, 0.3) is 0 Å². The molecule has 0 spiro atoms. The number of aromatic nitrogens is 2. The summed E-state index contributed by atoms with van der Waals surface area (Å²) in [5.74, 6) is -1.95. The van der Waals surface area contributed by atoms with E-state index in [1.165, 1.54) is 12.1 Å². The molecule has 2 rings (SSSR count). The maximum Gasteiger partial charge on any atom is 0.352 e. The van der Waals surface area contributed by atoms with E-state index in [2.05, 4.69) is 15.3 Å². The number of aryl methyl sites for hydroxylation is 1. The number of anilines is 1. The summed E-state index contributed by atoms with van der Waals surface area (Å²) in [6.07, 6.45) is 0.981. The zero-order valence-corrected chi connectivity index (χ0v) is 10.8. The van der Waals surface area contributed by atoms with E-state index in [0.29, 0.717) is 11.3 Å². The minimum atomic E-state index is -1.13. The van der Waals surface area contributed by atoms with E-state index in [1.54, 1.807) is 13.8 Å². The van der Waals surface area contributed by atoms with Crippen LogP contribution in [0, 0.1) is 19.7 Å². The quantitative estimate of drug-likeness (QED) is 0.800. The molecule has 0 aliphatic carbocycles. The van der Waals surface area contributed by atoms with E-state index in [9.17, 15) is 14.0 Å². The van der Waals surface area contributed by atoms with E-state index in [4.69, 9.17) is 5.11 Å². The summed E-state index contributed by atoms with van der Waals surface area (Å²) in [6, 6.07) is 2.49. The van der Waals surface area contributed by atoms with Crippen molar-refractivity contribution in [1.82, 2.24) is 9.97 Å². The highest BCUT2D eigenvalue weighted by Crippen LogP contribution is 2.19. The van der Waals surface area contributed by atoms with E-state index in [-0.39, 0.29) is 17.1 Å². The number of amides is 1. The van der Waals surface area contributed by atoms with Crippen LogP contribution in [0.15, 0.2) is 18.3 Å². The molecule has 2 aromatic rings. The highest BCUT2D eigenvalue weighted by Gasteiger charge is 2.21. The van der Waals surface area contributed by atoms with E-state index in [1.807, 2.05) is 0 Å². The van der Waals surface area contributed by atoms with Crippen molar-refractivity contribution in [3.8, 4) is 0 Å². The number of nitrogens with one attached hydrogen (secondary N) is 2. The van der Waals surface area contributed by atoms with Gasteiger partial charge in [0.05, 0.1) is 11.8 Å². The van der Waals surface area contributed by atoms with Gasteiger partial charge in [0.15, 0.2) is 0 Å². The topological polar surface area (TPSA) is 95.1 Å². The zero-order valence-electron chi connectivity index (χ0n) is 10.8. The number of pyridine rings is 1. The van der Waals surface area contributed by atoms with Gasteiger partial charge in [-0.3, -0.25) is 4.79 Å². The first-order chi connectivity index (χ1) is 9.40. The molecule has 3 N–H and O–H groups in total. The van der Waals surface area contributed by atoms with E-state index < -0.39 is 17.7 Å². The summed E-state index contributed by atoms with van der Waals surface area (Å²) >= 11 is 0. The molecule has 2 aromatic heterocycles. The average Bonchev–Trinajstić information content (AvgIpc) is 2.68. The fourth-order valence-corrected chi connectivity index (χ4v) is 1.93. The van der Waals surface area contributed by atoms with Gasteiger partial charge in [-0.2, -0.15) is 0 Å². The lowest BCUT2D eigenvalue weighted by atomic mass is 10.1. The van der Waals surface area contributed by atoms with Crippen LogP contribution in [0.4, 0.5) is 10.2 Å². The molecule has 6 nitrogen and oxygen atoms in total. The smallest absolute Gasteiger partial charge is 0.352 e. The Labute approximate surface area is 113 Å². The van der Waals surface area contributed by atoms with Crippen LogP contribution >= 0.6 is 0 Å². The molecule has 7 heteroatoms. The highest BCUT2D eigenvalue weighted by molar-refractivity contribution is 6.07. The normalized spacial score (nSPS) is 10.3. The monoisotopic (exact) mass is 277 g/mol. The van der Waals surface area contributed by atoms with Crippen LogP contribution in [0.1, 0.15) is 32.1 Å². The van der Waals surface area contributed by atoms with Gasteiger partial charge in [0.1, 0.15) is 17.3 Å². The molecule has 2 heterocycles. The number of hydrogen-bond donors (Lipinski definition) is 3. The molecule has 1 amide bonds. The molecule has 0 unspecified atom stereocenters. The van der Waals surface area contributed by atoms with Gasteiger partial charge in [0.25, 0.3) is 5.91 Å². The van der Waals surface area contributed by atoms with Crippen LogP contribution in [0.3, 0.4) is 0 Å². The maximum absolute atomic E-state index is 12.7. The summed E-state index contributed by atoms with van der Waals surface area (Å²) in [5.41, 5.74) is 1.00. The van der Waals surface area contributed by atoms with Crippen LogP contribution < -0.4 is 5.32 Å². The van der Waals surface area contributed by atoms with Crippen molar-refractivity contribution in [1.29, 1.82) is 0 Å². The van der Waals surface area contributed by atoms with Gasteiger partial charge in [-0.15, -0.1) is 0 Å².